The fourth-order valence-corrected chi connectivity index (χ4v) is 2.98. The Bertz CT molecular complexity index is 668. The van der Waals surface area contributed by atoms with Gasteiger partial charge in [-0.3, -0.25) is 9.78 Å². The van der Waals surface area contributed by atoms with Crippen LogP contribution in [-0.2, 0) is 4.79 Å². The van der Waals surface area contributed by atoms with Crippen molar-refractivity contribution in [1.82, 2.24) is 10.3 Å². The number of aliphatic hydroxyl groups is 2. The average molecular weight is 300 g/mol. The minimum Gasteiger partial charge on any atom is -0.396 e. The highest BCUT2D eigenvalue weighted by Crippen LogP contribution is 2.38. The maximum Gasteiger partial charge on any atom is 0.222 e. The number of fused-ring (bicyclic) bond motifs is 1. The summed E-state index contributed by atoms with van der Waals surface area (Å²) in [7, 11) is 0. The molecule has 0 saturated heterocycles. The summed E-state index contributed by atoms with van der Waals surface area (Å²) < 4.78 is 0. The van der Waals surface area contributed by atoms with Gasteiger partial charge in [0, 0.05) is 18.0 Å². The molecular formula is C17H20N2O3. The van der Waals surface area contributed by atoms with Gasteiger partial charge in [0.05, 0.1) is 24.3 Å². The van der Waals surface area contributed by atoms with Crippen LogP contribution in [0.3, 0.4) is 0 Å². The van der Waals surface area contributed by atoms with E-state index < -0.39 is 0 Å². The number of aromatic nitrogens is 1. The van der Waals surface area contributed by atoms with Crippen LogP contribution in [0, 0.1) is 5.92 Å². The Hall–Kier alpha value is -1.98. The molecule has 1 amide bonds. The lowest BCUT2D eigenvalue weighted by molar-refractivity contribution is -0.123. The van der Waals surface area contributed by atoms with E-state index in [2.05, 4.69) is 10.3 Å². The maximum absolute atomic E-state index is 11.9. The molecule has 1 saturated carbocycles. The molecule has 1 fully saturated rings. The smallest absolute Gasteiger partial charge is 0.222 e. The Morgan fingerprint density at radius 2 is 2.14 bits per heavy atom. The van der Waals surface area contributed by atoms with E-state index in [0.29, 0.717) is 12.8 Å². The van der Waals surface area contributed by atoms with E-state index >= 15 is 0 Å². The second-order valence-corrected chi connectivity index (χ2v) is 5.87. The minimum absolute atomic E-state index is 0.0901. The van der Waals surface area contributed by atoms with Gasteiger partial charge in [-0.2, -0.15) is 0 Å². The zero-order valence-corrected chi connectivity index (χ0v) is 12.3. The van der Waals surface area contributed by atoms with Crippen molar-refractivity contribution in [2.45, 2.75) is 31.4 Å². The molecule has 0 spiro atoms. The number of amides is 1. The molecule has 116 valence electrons. The first-order valence-electron chi connectivity index (χ1n) is 7.60. The minimum atomic E-state index is -0.282. The first-order valence-corrected chi connectivity index (χ1v) is 7.60. The fraction of sp³-hybridized carbons (Fsp3) is 0.412. The number of hydrogen-bond acceptors (Lipinski definition) is 4. The summed E-state index contributed by atoms with van der Waals surface area (Å²) >= 11 is 0. The normalized spacial score (nSPS) is 22.1. The molecule has 22 heavy (non-hydrogen) atoms. The van der Waals surface area contributed by atoms with Gasteiger partial charge < -0.3 is 15.5 Å². The quantitative estimate of drug-likeness (QED) is 0.782. The zero-order valence-electron chi connectivity index (χ0n) is 12.3. The molecule has 0 unspecified atom stereocenters. The Labute approximate surface area is 129 Å². The second kappa shape index (κ2) is 6.42. The zero-order chi connectivity index (χ0) is 15.5. The Morgan fingerprint density at radius 1 is 1.36 bits per heavy atom. The largest absolute Gasteiger partial charge is 0.396 e. The van der Waals surface area contributed by atoms with Crippen molar-refractivity contribution >= 4 is 16.8 Å². The fourth-order valence-electron chi connectivity index (χ4n) is 2.98. The first-order chi connectivity index (χ1) is 10.7. The van der Waals surface area contributed by atoms with Gasteiger partial charge in [0.25, 0.3) is 0 Å². The van der Waals surface area contributed by atoms with Crippen LogP contribution in [0.25, 0.3) is 10.9 Å². The van der Waals surface area contributed by atoms with E-state index in [1.165, 1.54) is 0 Å². The third-order valence-corrected chi connectivity index (χ3v) is 4.25. The molecule has 0 bridgehead atoms. The number of nitrogens with zero attached hydrogens (tertiary/aromatic N) is 1. The summed E-state index contributed by atoms with van der Waals surface area (Å²) in [5, 5.41) is 22.5. The van der Waals surface area contributed by atoms with Crippen LogP contribution in [-0.4, -0.2) is 33.8 Å². The number of carbonyl (C=O) groups excluding carboxylic acids is 1. The molecule has 1 aliphatic carbocycles. The molecule has 0 aliphatic heterocycles. The summed E-state index contributed by atoms with van der Waals surface area (Å²) in [6.07, 6.45) is 2.95. The van der Waals surface area contributed by atoms with Crippen LogP contribution in [0.1, 0.15) is 30.9 Å². The van der Waals surface area contributed by atoms with Crippen molar-refractivity contribution in [2.75, 3.05) is 6.61 Å². The summed E-state index contributed by atoms with van der Waals surface area (Å²) in [5.41, 5.74) is 1.86. The van der Waals surface area contributed by atoms with E-state index in [9.17, 15) is 9.90 Å². The van der Waals surface area contributed by atoms with Gasteiger partial charge in [-0.15, -0.1) is 0 Å². The number of nitrogens with one attached hydrogen (secondary N) is 1. The number of hydrogen-bond donors (Lipinski definition) is 3. The van der Waals surface area contributed by atoms with Crippen molar-refractivity contribution in [3.8, 4) is 0 Å². The average Bonchev–Trinajstić information content (AvgIpc) is 2.50. The first kappa shape index (κ1) is 14.9. The molecule has 1 heterocycles. The summed E-state index contributed by atoms with van der Waals surface area (Å²) in [5.74, 6) is 0.0302. The molecule has 1 aromatic carbocycles. The van der Waals surface area contributed by atoms with Gasteiger partial charge in [-0.25, -0.2) is 0 Å². The van der Waals surface area contributed by atoms with Crippen LogP contribution in [0.15, 0.2) is 36.5 Å². The summed E-state index contributed by atoms with van der Waals surface area (Å²) in [4.78, 5) is 16.3. The topological polar surface area (TPSA) is 82.5 Å². The van der Waals surface area contributed by atoms with Gasteiger partial charge in [-0.1, -0.05) is 18.2 Å². The summed E-state index contributed by atoms with van der Waals surface area (Å²) in [6.45, 7) is -0.165. The van der Waals surface area contributed by atoms with E-state index in [0.717, 1.165) is 16.5 Å². The lowest BCUT2D eigenvalue weighted by Crippen LogP contribution is -2.41. The molecule has 1 atom stereocenters. The maximum atomic E-state index is 11.9. The van der Waals surface area contributed by atoms with E-state index in [1.54, 1.807) is 6.20 Å². The van der Waals surface area contributed by atoms with E-state index in [-0.39, 0.29) is 37.0 Å². The van der Waals surface area contributed by atoms with Crippen molar-refractivity contribution in [3.63, 3.8) is 0 Å². The molecule has 5 heteroatoms. The molecular weight excluding hydrogens is 280 g/mol. The highest BCUT2D eigenvalue weighted by Gasteiger charge is 2.35. The number of aliphatic hydroxyl groups excluding tert-OH is 2. The van der Waals surface area contributed by atoms with Crippen LogP contribution in [0.5, 0.6) is 0 Å². The highest BCUT2D eigenvalue weighted by atomic mass is 16.3. The van der Waals surface area contributed by atoms with E-state index in [4.69, 9.17) is 5.11 Å². The van der Waals surface area contributed by atoms with Crippen LogP contribution < -0.4 is 5.32 Å². The molecule has 0 radical (unpaired) electrons. The van der Waals surface area contributed by atoms with Crippen molar-refractivity contribution in [2.24, 2.45) is 5.92 Å². The third kappa shape index (κ3) is 3.10. The van der Waals surface area contributed by atoms with Crippen molar-refractivity contribution in [1.29, 1.82) is 0 Å². The van der Waals surface area contributed by atoms with Gasteiger partial charge in [-0.05, 0) is 36.5 Å². The number of para-hydroxylation sites is 1. The van der Waals surface area contributed by atoms with Gasteiger partial charge in [0.2, 0.25) is 5.91 Å². The lowest BCUT2D eigenvalue weighted by Gasteiger charge is -2.38. The van der Waals surface area contributed by atoms with Crippen molar-refractivity contribution < 1.29 is 15.0 Å². The second-order valence-electron chi connectivity index (χ2n) is 5.87. The standard InChI is InChI=1S/C17H20N2O3/c20-6-5-16(22)19-17(12-8-14(21)9-12)13-7-11-3-1-2-4-15(11)18-10-13/h1-4,7,10,12,14,17,20-21H,5-6,8-9H2,(H,19,22)/t12?,14?,17-/m0/s1. The number of pyridine rings is 1. The number of benzene rings is 1. The monoisotopic (exact) mass is 300 g/mol. The molecule has 3 rings (SSSR count). The highest BCUT2D eigenvalue weighted by molar-refractivity contribution is 5.80. The molecule has 5 nitrogen and oxygen atoms in total. The Kier molecular flexibility index (Phi) is 4.36. The predicted octanol–water partition coefficient (Wildman–Crippen LogP) is 1.55. The predicted molar refractivity (Wildman–Crippen MR) is 83.1 cm³/mol. The van der Waals surface area contributed by atoms with E-state index in [1.807, 2.05) is 30.3 Å². The van der Waals surface area contributed by atoms with Gasteiger partial charge >= 0.3 is 0 Å². The Balaban J connectivity index is 1.87. The van der Waals surface area contributed by atoms with Crippen LogP contribution >= 0.6 is 0 Å². The Morgan fingerprint density at radius 3 is 2.86 bits per heavy atom. The molecule has 1 aliphatic rings. The number of carbonyl (C=O) groups is 1. The molecule has 2 aromatic rings. The lowest BCUT2D eigenvalue weighted by atomic mass is 9.75. The third-order valence-electron chi connectivity index (χ3n) is 4.25. The molecule has 3 N–H and O–H groups in total. The van der Waals surface area contributed by atoms with Crippen LogP contribution in [0.4, 0.5) is 0 Å². The number of rotatable bonds is 5. The van der Waals surface area contributed by atoms with Gasteiger partial charge in [0.1, 0.15) is 0 Å². The summed E-state index contributed by atoms with van der Waals surface area (Å²) in [6, 6.07) is 9.72. The van der Waals surface area contributed by atoms with Gasteiger partial charge in [0.15, 0.2) is 0 Å². The SMILES string of the molecule is O=C(CCO)N[C@H](c1cnc2ccccc2c1)C1CC(O)C1. The van der Waals surface area contributed by atoms with Crippen LogP contribution in [0.2, 0.25) is 0 Å². The van der Waals surface area contributed by atoms with Crippen molar-refractivity contribution in [3.05, 3.63) is 42.1 Å². The molecule has 1 aromatic heterocycles.